The molecule has 1 aliphatic rings. The number of nitrogens with zero attached hydrogens (tertiary/aromatic N) is 2. The highest BCUT2D eigenvalue weighted by molar-refractivity contribution is 5.87. The third-order valence-electron chi connectivity index (χ3n) is 4.19. The van der Waals surface area contributed by atoms with Gasteiger partial charge in [0.1, 0.15) is 6.54 Å². The van der Waals surface area contributed by atoms with Gasteiger partial charge in [0.15, 0.2) is 0 Å². The molecule has 1 aromatic carbocycles. The van der Waals surface area contributed by atoms with E-state index in [1.54, 1.807) is 0 Å². The van der Waals surface area contributed by atoms with Gasteiger partial charge in [-0.05, 0) is 38.6 Å². The summed E-state index contributed by atoms with van der Waals surface area (Å²) in [6.45, 7) is 6.69. The lowest BCUT2D eigenvalue weighted by Crippen LogP contribution is -2.28. The third-order valence-corrected chi connectivity index (χ3v) is 4.19. The van der Waals surface area contributed by atoms with E-state index in [9.17, 15) is 4.79 Å². The summed E-state index contributed by atoms with van der Waals surface area (Å²) < 4.78 is 7.28. The molecule has 0 N–H and O–H groups in total. The molecule has 0 aliphatic carbocycles. The lowest BCUT2D eigenvalue weighted by Gasteiger charge is -2.24. The molecule has 0 spiro atoms. The van der Waals surface area contributed by atoms with E-state index >= 15 is 0 Å². The minimum Gasteiger partial charge on any atom is -0.465 e. The fourth-order valence-electron chi connectivity index (χ4n) is 3.22. The van der Waals surface area contributed by atoms with Crippen molar-refractivity contribution in [3.8, 4) is 0 Å². The fraction of sp³-hybridized carbons (Fsp3) is 0.471. The van der Waals surface area contributed by atoms with Gasteiger partial charge in [-0.1, -0.05) is 11.6 Å². The quantitative estimate of drug-likeness (QED) is 0.813. The van der Waals surface area contributed by atoms with Gasteiger partial charge in [-0.3, -0.25) is 4.79 Å². The first-order valence-corrected chi connectivity index (χ1v) is 7.55. The van der Waals surface area contributed by atoms with Crippen molar-refractivity contribution < 1.29 is 9.53 Å². The SMILES string of the molecule is CCOC(=O)Cn1c2c(c3cc(C)ccc31)CN(C)CC2. The van der Waals surface area contributed by atoms with Gasteiger partial charge in [-0.15, -0.1) is 0 Å². The van der Waals surface area contributed by atoms with Crippen LogP contribution in [0.15, 0.2) is 18.2 Å². The maximum Gasteiger partial charge on any atom is 0.325 e. The highest BCUT2D eigenvalue weighted by Gasteiger charge is 2.23. The van der Waals surface area contributed by atoms with Crippen LogP contribution in [0.3, 0.4) is 0 Å². The second-order valence-electron chi connectivity index (χ2n) is 5.82. The smallest absolute Gasteiger partial charge is 0.325 e. The van der Waals surface area contributed by atoms with Crippen LogP contribution >= 0.6 is 0 Å². The van der Waals surface area contributed by atoms with E-state index in [1.165, 1.54) is 22.2 Å². The average molecular weight is 286 g/mol. The second-order valence-corrected chi connectivity index (χ2v) is 5.82. The van der Waals surface area contributed by atoms with E-state index < -0.39 is 0 Å². The van der Waals surface area contributed by atoms with Gasteiger partial charge in [-0.25, -0.2) is 0 Å². The molecule has 21 heavy (non-hydrogen) atoms. The summed E-state index contributed by atoms with van der Waals surface area (Å²) in [5.74, 6) is -0.156. The summed E-state index contributed by atoms with van der Waals surface area (Å²) in [5, 5.41) is 1.28. The number of carbonyl (C=O) groups is 1. The number of hydrogen-bond donors (Lipinski definition) is 0. The number of esters is 1. The molecule has 1 aromatic heterocycles. The monoisotopic (exact) mass is 286 g/mol. The summed E-state index contributed by atoms with van der Waals surface area (Å²) >= 11 is 0. The van der Waals surface area contributed by atoms with E-state index in [0.29, 0.717) is 13.2 Å². The highest BCUT2D eigenvalue weighted by atomic mass is 16.5. The Bertz CT molecular complexity index is 688. The van der Waals surface area contributed by atoms with Crippen LogP contribution in [0.5, 0.6) is 0 Å². The normalized spacial score (nSPS) is 15.2. The molecule has 0 atom stereocenters. The number of hydrogen-bond acceptors (Lipinski definition) is 3. The fourth-order valence-corrected chi connectivity index (χ4v) is 3.22. The average Bonchev–Trinajstić information content (AvgIpc) is 2.72. The number of ether oxygens (including phenoxy) is 1. The molecule has 0 radical (unpaired) electrons. The van der Waals surface area contributed by atoms with E-state index in [0.717, 1.165) is 25.0 Å². The molecule has 2 aromatic rings. The Labute approximate surface area is 125 Å². The number of fused-ring (bicyclic) bond motifs is 3. The molecule has 112 valence electrons. The van der Waals surface area contributed by atoms with Gasteiger partial charge in [-0.2, -0.15) is 0 Å². The lowest BCUT2D eigenvalue weighted by atomic mass is 10.0. The molecule has 4 heteroatoms. The van der Waals surface area contributed by atoms with Crippen LogP contribution in [0.2, 0.25) is 0 Å². The zero-order valence-corrected chi connectivity index (χ0v) is 13.0. The summed E-state index contributed by atoms with van der Waals surface area (Å²) in [6.07, 6.45) is 0.985. The number of rotatable bonds is 3. The van der Waals surface area contributed by atoms with Crippen LogP contribution < -0.4 is 0 Å². The van der Waals surface area contributed by atoms with Gasteiger partial charge in [0.05, 0.1) is 6.61 Å². The zero-order valence-electron chi connectivity index (χ0n) is 13.0. The molecule has 4 nitrogen and oxygen atoms in total. The number of benzene rings is 1. The Morgan fingerprint density at radius 2 is 2.19 bits per heavy atom. The van der Waals surface area contributed by atoms with Gasteiger partial charge in [0, 0.05) is 36.1 Å². The van der Waals surface area contributed by atoms with Crippen molar-refractivity contribution in [3.63, 3.8) is 0 Å². The van der Waals surface area contributed by atoms with E-state index in [4.69, 9.17) is 4.74 Å². The van der Waals surface area contributed by atoms with Gasteiger partial charge >= 0.3 is 5.97 Å². The van der Waals surface area contributed by atoms with Crippen LogP contribution in [-0.4, -0.2) is 35.6 Å². The summed E-state index contributed by atoms with van der Waals surface area (Å²) in [5.41, 5.74) is 5.06. The van der Waals surface area contributed by atoms with Crippen molar-refractivity contribution in [2.24, 2.45) is 0 Å². The van der Waals surface area contributed by atoms with Crippen LogP contribution in [0.4, 0.5) is 0 Å². The molecule has 2 heterocycles. The summed E-state index contributed by atoms with van der Waals surface area (Å²) in [7, 11) is 2.15. The van der Waals surface area contributed by atoms with Gasteiger partial charge in [0.2, 0.25) is 0 Å². The van der Waals surface area contributed by atoms with Crippen molar-refractivity contribution >= 4 is 16.9 Å². The first-order chi connectivity index (χ1) is 10.1. The van der Waals surface area contributed by atoms with Crippen molar-refractivity contribution in [1.29, 1.82) is 0 Å². The third kappa shape index (κ3) is 2.56. The van der Waals surface area contributed by atoms with Crippen molar-refractivity contribution in [2.45, 2.75) is 33.4 Å². The minimum absolute atomic E-state index is 0.156. The van der Waals surface area contributed by atoms with Crippen LogP contribution in [0.1, 0.15) is 23.7 Å². The molecule has 0 fully saturated rings. The number of likely N-dealkylation sites (N-methyl/N-ethyl adjacent to an activating group) is 1. The Morgan fingerprint density at radius 3 is 2.95 bits per heavy atom. The molecule has 0 bridgehead atoms. The molecular formula is C17H22N2O2. The van der Waals surface area contributed by atoms with Crippen LogP contribution in [0.25, 0.3) is 10.9 Å². The highest BCUT2D eigenvalue weighted by Crippen LogP contribution is 2.31. The van der Waals surface area contributed by atoms with Gasteiger partial charge in [0.25, 0.3) is 0 Å². The number of aryl methyl sites for hydroxylation is 1. The molecule has 1 aliphatic heterocycles. The Morgan fingerprint density at radius 1 is 1.38 bits per heavy atom. The number of carbonyl (C=O) groups excluding carboxylic acids is 1. The number of aromatic nitrogens is 1. The van der Waals surface area contributed by atoms with E-state index in [1.807, 2.05) is 6.92 Å². The maximum absolute atomic E-state index is 11.9. The van der Waals surface area contributed by atoms with E-state index in [2.05, 4.69) is 41.6 Å². The van der Waals surface area contributed by atoms with Crippen molar-refractivity contribution in [3.05, 3.63) is 35.0 Å². The Hall–Kier alpha value is -1.81. The van der Waals surface area contributed by atoms with Crippen LogP contribution in [-0.2, 0) is 29.0 Å². The van der Waals surface area contributed by atoms with Crippen molar-refractivity contribution in [2.75, 3.05) is 20.2 Å². The first kappa shape index (κ1) is 14.1. The minimum atomic E-state index is -0.156. The van der Waals surface area contributed by atoms with E-state index in [-0.39, 0.29) is 5.97 Å². The molecule has 0 saturated heterocycles. The predicted octanol–water partition coefficient (Wildman–Crippen LogP) is 2.50. The predicted molar refractivity (Wildman–Crippen MR) is 83.3 cm³/mol. The van der Waals surface area contributed by atoms with Crippen LogP contribution in [0, 0.1) is 6.92 Å². The zero-order chi connectivity index (χ0) is 15.0. The molecule has 0 saturated carbocycles. The molecule has 0 amide bonds. The molecule has 0 unspecified atom stereocenters. The topological polar surface area (TPSA) is 34.5 Å². The standard InChI is InChI=1S/C17H22N2O2/c1-4-21-17(20)11-19-15-6-5-12(2)9-13(15)14-10-18(3)8-7-16(14)19/h5-6,9H,4,7-8,10-11H2,1-3H3. The summed E-state index contributed by atoms with van der Waals surface area (Å²) in [4.78, 5) is 14.2. The Balaban J connectivity index is 2.12. The second kappa shape index (κ2) is 5.53. The molecule has 3 rings (SSSR count). The Kier molecular flexibility index (Phi) is 3.72. The largest absolute Gasteiger partial charge is 0.465 e. The summed E-state index contributed by atoms with van der Waals surface area (Å²) in [6, 6.07) is 6.47. The molecular weight excluding hydrogens is 264 g/mol. The van der Waals surface area contributed by atoms with Gasteiger partial charge < -0.3 is 14.2 Å². The maximum atomic E-state index is 11.9. The first-order valence-electron chi connectivity index (χ1n) is 7.55. The van der Waals surface area contributed by atoms with Crippen molar-refractivity contribution in [1.82, 2.24) is 9.47 Å². The lowest BCUT2D eigenvalue weighted by molar-refractivity contribution is -0.143.